The molecule has 0 saturated carbocycles. The predicted molar refractivity (Wildman–Crippen MR) is 85.5 cm³/mol. The first-order valence-electron chi connectivity index (χ1n) is 7.52. The summed E-state index contributed by atoms with van der Waals surface area (Å²) in [4.78, 5) is 5.43. The van der Waals surface area contributed by atoms with Gasteiger partial charge in [0.1, 0.15) is 6.61 Å². The van der Waals surface area contributed by atoms with Crippen molar-refractivity contribution in [2.75, 3.05) is 18.5 Å². The van der Waals surface area contributed by atoms with Gasteiger partial charge >= 0.3 is 0 Å². The molecule has 1 aromatic carbocycles. The van der Waals surface area contributed by atoms with Gasteiger partial charge in [0.05, 0.1) is 5.71 Å². The molecule has 0 aromatic heterocycles. The Hall–Kier alpha value is -1.77. The van der Waals surface area contributed by atoms with E-state index in [4.69, 9.17) is 4.84 Å². The van der Waals surface area contributed by atoms with Crippen LogP contribution in [0.25, 0.3) is 0 Å². The normalized spacial score (nSPS) is 15.2. The molecule has 20 heavy (non-hydrogen) atoms. The number of nitrogens with one attached hydrogen (secondary N) is 1. The molecule has 0 spiro atoms. The van der Waals surface area contributed by atoms with Crippen LogP contribution in [-0.4, -0.2) is 18.9 Å². The first-order chi connectivity index (χ1) is 9.85. The van der Waals surface area contributed by atoms with Gasteiger partial charge in [-0.2, -0.15) is 0 Å². The van der Waals surface area contributed by atoms with Crippen molar-refractivity contribution in [2.45, 2.75) is 39.0 Å². The van der Waals surface area contributed by atoms with E-state index in [1.54, 1.807) is 0 Å². The number of rotatable bonds is 8. The lowest BCUT2D eigenvalue weighted by atomic mass is 10.1. The summed E-state index contributed by atoms with van der Waals surface area (Å²) in [6.45, 7) is 7.43. The van der Waals surface area contributed by atoms with E-state index in [1.165, 1.54) is 24.0 Å². The van der Waals surface area contributed by atoms with Gasteiger partial charge in [-0.3, -0.25) is 0 Å². The molecule has 0 bridgehead atoms. The second-order valence-electron chi connectivity index (χ2n) is 5.12. The molecule has 3 heteroatoms. The quantitative estimate of drug-likeness (QED) is 0.438. The minimum Gasteiger partial charge on any atom is -0.396 e. The van der Waals surface area contributed by atoms with Crippen molar-refractivity contribution in [3.8, 4) is 0 Å². The summed E-state index contributed by atoms with van der Waals surface area (Å²) in [6, 6.07) is 6.45. The van der Waals surface area contributed by atoms with Gasteiger partial charge in [0.15, 0.2) is 0 Å². The van der Waals surface area contributed by atoms with Crippen molar-refractivity contribution >= 4 is 11.4 Å². The number of fused-ring (bicyclic) bond motifs is 1. The van der Waals surface area contributed by atoms with Crippen LogP contribution in [0, 0.1) is 0 Å². The lowest BCUT2D eigenvalue weighted by Crippen LogP contribution is -2.00. The molecule has 0 radical (unpaired) electrons. The van der Waals surface area contributed by atoms with Crippen molar-refractivity contribution < 1.29 is 4.84 Å². The van der Waals surface area contributed by atoms with Crippen molar-refractivity contribution in [3.63, 3.8) is 0 Å². The van der Waals surface area contributed by atoms with Crippen LogP contribution in [0.2, 0.25) is 0 Å². The zero-order valence-corrected chi connectivity index (χ0v) is 12.3. The van der Waals surface area contributed by atoms with Crippen LogP contribution >= 0.6 is 0 Å². The van der Waals surface area contributed by atoms with E-state index in [0.29, 0.717) is 0 Å². The van der Waals surface area contributed by atoms with Gasteiger partial charge in [-0.05, 0) is 37.0 Å². The summed E-state index contributed by atoms with van der Waals surface area (Å²) >= 11 is 0. The molecule has 0 amide bonds. The van der Waals surface area contributed by atoms with Crippen molar-refractivity contribution in [3.05, 3.63) is 42.0 Å². The summed E-state index contributed by atoms with van der Waals surface area (Å²) < 4.78 is 0. The number of benzene rings is 1. The minimum atomic E-state index is 0.728. The summed E-state index contributed by atoms with van der Waals surface area (Å²) in [6.07, 6.45) is 7.40. The monoisotopic (exact) mass is 272 g/mol. The first-order valence-corrected chi connectivity index (χ1v) is 7.52. The van der Waals surface area contributed by atoms with Gasteiger partial charge in [-0.1, -0.05) is 37.1 Å². The molecule has 0 fully saturated rings. The Morgan fingerprint density at radius 1 is 1.35 bits per heavy atom. The predicted octanol–water partition coefficient (Wildman–Crippen LogP) is 4.14. The highest BCUT2D eigenvalue weighted by Gasteiger charge is 2.18. The molecule has 0 atom stereocenters. The number of unbranched alkanes of at least 4 members (excludes halogenated alkanes) is 2. The number of hydrogen-bond donors (Lipinski definition) is 1. The van der Waals surface area contributed by atoms with Crippen LogP contribution in [0.4, 0.5) is 5.69 Å². The van der Waals surface area contributed by atoms with Gasteiger partial charge in [-0.15, -0.1) is 6.58 Å². The SMILES string of the molecule is C=CCNc1ccc2c(c1)CC/C2=N/OCCCCC. The van der Waals surface area contributed by atoms with E-state index >= 15 is 0 Å². The lowest BCUT2D eigenvalue weighted by Gasteiger charge is -2.06. The summed E-state index contributed by atoms with van der Waals surface area (Å²) in [5.41, 5.74) is 4.83. The first kappa shape index (κ1) is 14.6. The van der Waals surface area contributed by atoms with Crippen molar-refractivity contribution in [1.82, 2.24) is 0 Å². The Morgan fingerprint density at radius 3 is 3.05 bits per heavy atom. The molecule has 1 aromatic rings. The van der Waals surface area contributed by atoms with E-state index in [-0.39, 0.29) is 0 Å². The van der Waals surface area contributed by atoms with Gasteiger partial charge < -0.3 is 10.2 Å². The van der Waals surface area contributed by atoms with E-state index in [1.807, 2.05) is 6.08 Å². The molecule has 0 heterocycles. The number of hydrogen-bond acceptors (Lipinski definition) is 3. The van der Waals surface area contributed by atoms with Crippen molar-refractivity contribution in [1.29, 1.82) is 0 Å². The molecule has 0 unspecified atom stereocenters. The molecule has 1 N–H and O–H groups in total. The van der Waals surface area contributed by atoms with Crippen LogP contribution in [0.5, 0.6) is 0 Å². The Balaban J connectivity index is 1.94. The fraction of sp³-hybridized carbons (Fsp3) is 0.471. The number of aryl methyl sites for hydroxylation is 1. The second kappa shape index (κ2) is 7.73. The van der Waals surface area contributed by atoms with Gasteiger partial charge in [-0.25, -0.2) is 0 Å². The number of anilines is 1. The Kier molecular flexibility index (Phi) is 5.66. The topological polar surface area (TPSA) is 33.6 Å². The van der Waals surface area contributed by atoms with Crippen LogP contribution in [0.3, 0.4) is 0 Å². The summed E-state index contributed by atoms with van der Waals surface area (Å²) in [5.74, 6) is 0. The van der Waals surface area contributed by atoms with Crippen LogP contribution in [-0.2, 0) is 11.3 Å². The Labute approximate surface area is 121 Å². The summed E-state index contributed by atoms with van der Waals surface area (Å²) in [5, 5.41) is 7.62. The van der Waals surface area contributed by atoms with Gasteiger partial charge in [0.25, 0.3) is 0 Å². The van der Waals surface area contributed by atoms with E-state index in [2.05, 4.69) is 42.2 Å². The smallest absolute Gasteiger partial charge is 0.117 e. The molecule has 0 saturated heterocycles. The molecule has 3 nitrogen and oxygen atoms in total. The third kappa shape index (κ3) is 3.86. The molecular formula is C17H24N2O. The fourth-order valence-corrected chi connectivity index (χ4v) is 2.40. The highest BCUT2D eigenvalue weighted by Crippen LogP contribution is 2.25. The average molecular weight is 272 g/mol. The third-order valence-corrected chi connectivity index (χ3v) is 3.51. The highest BCUT2D eigenvalue weighted by atomic mass is 16.6. The molecule has 1 aliphatic rings. The maximum absolute atomic E-state index is 5.43. The molecule has 2 rings (SSSR count). The van der Waals surface area contributed by atoms with Crippen LogP contribution < -0.4 is 5.32 Å². The fourth-order valence-electron chi connectivity index (χ4n) is 2.40. The number of oxime groups is 1. The van der Waals surface area contributed by atoms with Crippen LogP contribution in [0.1, 0.15) is 43.7 Å². The van der Waals surface area contributed by atoms with Gasteiger partial charge in [0, 0.05) is 17.8 Å². The maximum Gasteiger partial charge on any atom is 0.117 e. The van der Waals surface area contributed by atoms with E-state index < -0.39 is 0 Å². The largest absolute Gasteiger partial charge is 0.396 e. The standard InChI is InChI=1S/C17H24N2O/c1-3-5-6-12-20-19-17-10-7-14-13-15(18-11-4-2)8-9-16(14)17/h4,8-9,13,18H,2-3,5-7,10-12H2,1H3/b19-17-. The summed E-state index contributed by atoms with van der Waals surface area (Å²) in [7, 11) is 0. The van der Waals surface area contributed by atoms with E-state index in [9.17, 15) is 0 Å². The molecule has 108 valence electrons. The molecule has 1 aliphatic carbocycles. The van der Waals surface area contributed by atoms with Crippen molar-refractivity contribution in [2.24, 2.45) is 5.16 Å². The second-order valence-corrected chi connectivity index (χ2v) is 5.12. The lowest BCUT2D eigenvalue weighted by molar-refractivity contribution is 0.140. The minimum absolute atomic E-state index is 0.728. The zero-order valence-electron chi connectivity index (χ0n) is 12.3. The Bertz CT molecular complexity index is 480. The zero-order chi connectivity index (χ0) is 14.2. The number of nitrogens with zero attached hydrogens (tertiary/aromatic N) is 1. The van der Waals surface area contributed by atoms with Crippen LogP contribution in [0.15, 0.2) is 36.0 Å². The third-order valence-electron chi connectivity index (χ3n) is 3.51. The maximum atomic E-state index is 5.43. The Morgan fingerprint density at radius 2 is 2.25 bits per heavy atom. The van der Waals surface area contributed by atoms with Gasteiger partial charge in [0.2, 0.25) is 0 Å². The highest BCUT2D eigenvalue weighted by molar-refractivity contribution is 6.04. The molecular weight excluding hydrogens is 248 g/mol. The molecule has 0 aliphatic heterocycles. The van der Waals surface area contributed by atoms with E-state index in [0.717, 1.165) is 43.8 Å². The average Bonchev–Trinajstić information content (AvgIpc) is 2.87.